The number of benzene rings is 1. The van der Waals surface area contributed by atoms with Gasteiger partial charge in [-0.1, -0.05) is 59.5 Å². The summed E-state index contributed by atoms with van der Waals surface area (Å²) in [5.41, 5.74) is 4.04. The highest BCUT2D eigenvalue weighted by atomic mass is 32.3. The molecule has 2 heterocycles. The molecule has 3 heteroatoms. The van der Waals surface area contributed by atoms with Crippen molar-refractivity contribution >= 4 is 15.8 Å². The Labute approximate surface area is 140 Å². The Morgan fingerprint density at radius 2 is 2.09 bits per heavy atom. The average molecular weight is 324 g/mol. The van der Waals surface area contributed by atoms with Crippen molar-refractivity contribution in [2.24, 2.45) is 0 Å². The molecule has 1 aliphatic heterocycles. The molecule has 1 aromatic carbocycles. The zero-order valence-electron chi connectivity index (χ0n) is 13.9. The van der Waals surface area contributed by atoms with Crippen molar-refractivity contribution in [3.63, 3.8) is 0 Å². The Morgan fingerprint density at radius 3 is 2.78 bits per heavy atom. The average Bonchev–Trinajstić information content (AvgIpc) is 3.24. The van der Waals surface area contributed by atoms with Gasteiger partial charge in [-0.25, -0.2) is 4.98 Å². The number of aromatic nitrogens is 2. The Hall–Kier alpha value is -2.00. The van der Waals surface area contributed by atoms with E-state index in [2.05, 4.69) is 81.6 Å². The maximum atomic E-state index is 4.27. The molecule has 1 atom stereocenters. The monoisotopic (exact) mass is 324 g/mol. The summed E-state index contributed by atoms with van der Waals surface area (Å²) < 4.78 is 2.26. The molecular formula is C20H24N2S. The topological polar surface area (TPSA) is 17.8 Å². The molecule has 0 radical (unpaired) electrons. The van der Waals surface area contributed by atoms with Gasteiger partial charge in [-0.15, -0.1) is 0 Å². The molecule has 0 saturated carbocycles. The number of unbranched alkanes of at least 4 members (excludes halogenated alkanes) is 1. The van der Waals surface area contributed by atoms with Gasteiger partial charge in [0.05, 0.1) is 0 Å². The van der Waals surface area contributed by atoms with Gasteiger partial charge < -0.3 is 0 Å². The van der Waals surface area contributed by atoms with E-state index in [1.165, 1.54) is 36.0 Å². The van der Waals surface area contributed by atoms with Gasteiger partial charge in [-0.2, -0.15) is 0 Å². The number of rotatable bonds is 6. The number of hydrogen-bond acceptors (Lipinski definition) is 1. The van der Waals surface area contributed by atoms with Gasteiger partial charge in [0.1, 0.15) is 6.33 Å². The minimum Gasteiger partial charge on any atom is -0.288 e. The molecule has 120 valence electrons. The molecule has 0 bridgehead atoms. The summed E-state index contributed by atoms with van der Waals surface area (Å²) in [5.74, 6) is 0. The van der Waals surface area contributed by atoms with Crippen molar-refractivity contribution in [1.29, 1.82) is 0 Å². The molecule has 0 amide bonds. The Balaban J connectivity index is 1.99. The first-order valence-corrected chi connectivity index (χ1v) is 9.96. The number of nitrogens with zero attached hydrogens (tertiary/aromatic N) is 2. The fourth-order valence-electron chi connectivity index (χ4n) is 2.80. The summed E-state index contributed by atoms with van der Waals surface area (Å²) in [7, 11) is -1.27. The highest BCUT2D eigenvalue weighted by Gasteiger charge is 2.23. The molecule has 0 spiro atoms. The zero-order valence-corrected chi connectivity index (χ0v) is 14.7. The van der Waals surface area contributed by atoms with Crippen molar-refractivity contribution in [3.8, 4) is 0 Å². The molecular weight excluding hydrogens is 300 g/mol. The van der Waals surface area contributed by atoms with E-state index in [1.807, 2.05) is 12.5 Å². The molecule has 0 saturated heterocycles. The highest BCUT2D eigenvalue weighted by Crippen LogP contribution is 2.59. The summed E-state index contributed by atoms with van der Waals surface area (Å²) in [6.07, 6.45) is 11.8. The lowest BCUT2D eigenvalue weighted by Crippen LogP contribution is -2.00. The quantitative estimate of drug-likeness (QED) is 0.626. The van der Waals surface area contributed by atoms with Crippen LogP contribution in [0.1, 0.15) is 38.7 Å². The summed E-state index contributed by atoms with van der Waals surface area (Å²) in [6.45, 7) is 4.50. The summed E-state index contributed by atoms with van der Waals surface area (Å²) >= 11 is 0. The van der Waals surface area contributed by atoms with Crippen LogP contribution in [0.3, 0.4) is 0 Å². The molecule has 0 aliphatic carbocycles. The molecule has 1 aromatic heterocycles. The first-order valence-electron chi connectivity index (χ1n) is 8.18. The van der Waals surface area contributed by atoms with Crippen LogP contribution >= 0.6 is 10.2 Å². The Kier molecular flexibility index (Phi) is 4.87. The van der Waals surface area contributed by atoms with Crippen molar-refractivity contribution < 1.29 is 0 Å². The lowest BCUT2D eigenvalue weighted by molar-refractivity contribution is 0.788. The lowest BCUT2D eigenvalue weighted by Gasteiger charge is -2.30. The highest BCUT2D eigenvalue weighted by molar-refractivity contribution is 8.39. The van der Waals surface area contributed by atoms with Crippen LogP contribution in [0.4, 0.5) is 0 Å². The van der Waals surface area contributed by atoms with Gasteiger partial charge in [0, 0.05) is 12.4 Å². The number of imidazole rings is 1. The summed E-state index contributed by atoms with van der Waals surface area (Å²) in [5, 5.41) is 7.22. The van der Waals surface area contributed by atoms with Crippen LogP contribution < -0.4 is 0 Å². The van der Waals surface area contributed by atoms with Gasteiger partial charge in [0.15, 0.2) is 0 Å². The van der Waals surface area contributed by atoms with Crippen molar-refractivity contribution in [2.75, 3.05) is 0 Å². The summed E-state index contributed by atoms with van der Waals surface area (Å²) in [4.78, 5) is 4.27. The molecule has 1 aliphatic rings. The maximum absolute atomic E-state index is 4.27. The lowest BCUT2D eigenvalue weighted by atomic mass is 10.1. The van der Waals surface area contributed by atoms with E-state index >= 15 is 0 Å². The van der Waals surface area contributed by atoms with Gasteiger partial charge in [-0.3, -0.25) is 3.97 Å². The maximum Gasteiger partial charge on any atom is 0.104 e. The Morgan fingerprint density at radius 1 is 1.26 bits per heavy atom. The van der Waals surface area contributed by atoms with E-state index < -0.39 is 10.2 Å². The van der Waals surface area contributed by atoms with Crippen LogP contribution in [0.15, 0.2) is 76.9 Å². The predicted molar refractivity (Wildman–Crippen MR) is 102 cm³/mol. The molecule has 3 rings (SSSR count). The second-order valence-electron chi connectivity index (χ2n) is 5.96. The molecule has 2 nitrogen and oxygen atoms in total. The second-order valence-corrected chi connectivity index (χ2v) is 8.57. The normalized spacial score (nSPS) is 23.6. The van der Waals surface area contributed by atoms with E-state index in [4.69, 9.17) is 0 Å². The fraction of sp³-hybridized carbons (Fsp3) is 0.250. The molecule has 23 heavy (non-hydrogen) atoms. The standard InChI is InChI=1S/C20H24N2S/c1-3-4-8-18(2)15-23(22-13-12-21-17-22)14-11-20(16-23)19-9-6-5-7-10-19/h5-7,9-17H,3-4,8H2,1-2H3. The summed E-state index contributed by atoms with van der Waals surface area (Å²) in [6, 6.07) is 10.6. The van der Waals surface area contributed by atoms with E-state index in [0.717, 1.165) is 0 Å². The predicted octanol–water partition coefficient (Wildman–Crippen LogP) is 6.11. The number of hydrogen-bond donors (Lipinski definition) is 0. The third-order valence-corrected chi connectivity index (χ3v) is 6.98. The molecule has 1 unspecified atom stereocenters. The minimum atomic E-state index is -1.27. The van der Waals surface area contributed by atoms with E-state index in [-0.39, 0.29) is 0 Å². The van der Waals surface area contributed by atoms with Gasteiger partial charge in [0.25, 0.3) is 0 Å². The van der Waals surface area contributed by atoms with Crippen molar-refractivity contribution in [1.82, 2.24) is 8.96 Å². The molecule has 0 fully saturated rings. The zero-order chi connectivity index (χ0) is 16.1. The van der Waals surface area contributed by atoms with E-state index in [9.17, 15) is 0 Å². The molecule has 2 aromatic rings. The smallest absolute Gasteiger partial charge is 0.104 e. The van der Waals surface area contributed by atoms with E-state index in [0.29, 0.717) is 0 Å². The van der Waals surface area contributed by atoms with Crippen LogP contribution in [0, 0.1) is 0 Å². The SMILES string of the molecule is CCCCC(C)=CS1(n2ccnc2)C=CC(c2ccccc2)=C1. The second kappa shape index (κ2) is 7.05. The minimum absolute atomic E-state index is 1.17. The first-order chi connectivity index (χ1) is 11.2. The van der Waals surface area contributed by atoms with Crippen LogP contribution in [0.25, 0.3) is 5.57 Å². The van der Waals surface area contributed by atoms with E-state index in [1.54, 1.807) is 0 Å². The first kappa shape index (κ1) is 15.9. The van der Waals surface area contributed by atoms with Crippen molar-refractivity contribution in [2.45, 2.75) is 33.1 Å². The van der Waals surface area contributed by atoms with Crippen LogP contribution in [-0.4, -0.2) is 8.96 Å². The van der Waals surface area contributed by atoms with Gasteiger partial charge >= 0.3 is 0 Å². The fourth-order valence-corrected chi connectivity index (χ4v) is 5.64. The van der Waals surface area contributed by atoms with Gasteiger partial charge in [-0.05, 0) is 53.2 Å². The van der Waals surface area contributed by atoms with Crippen LogP contribution in [-0.2, 0) is 0 Å². The van der Waals surface area contributed by atoms with Crippen molar-refractivity contribution in [3.05, 3.63) is 82.5 Å². The Bertz CT molecular complexity index is 726. The van der Waals surface area contributed by atoms with Crippen LogP contribution in [0.2, 0.25) is 0 Å². The van der Waals surface area contributed by atoms with Crippen LogP contribution in [0.5, 0.6) is 0 Å². The third kappa shape index (κ3) is 3.50. The largest absolute Gasteiger partial charge is 0.288 e. The van der Waals surface area contributed by atoms with Gasteiger partial charge in [0.2, 0.25) is 0 Å². The number of allylic oxidation sites excluding steroid dienone is 3. The third-order valence-electron chi connectivity index (χ3n) is 4.05. The molecule has 0 N–H and O–H groups in total.